The number of ether oxygens (including phenoxy) is 1. The molecule has 1 aliphatic rings. The lowest BCUT2D eigenvalue weighted by atomic mass is 10.0. The Bertz CT molecular complexity index is 1600. The number of aliphatic carboxylic acids is 1. The molecular weight excluding hydrogens is 521 g/mol. The van der Waals surface area contributed by atoms with Gasteiger partial charge in [0, 0.05) is 6.26 Å². The second-order valence-electron chi connectivity index (χ2n) is 8.40. The van der Waals surface area contributed by atoms with E-state index in [1.54, 1.807) is 0 Å². The third-order valence-corrected chi connectivity index (χ3v) is 6.96. The number of sulfone groups is 1. The maximum atomic E-state index is 13.5. The minimum atomic E-state index is -4.55. The molecule has 196 valence electrons. The topological polar surface area (TPSA) is 152 Å². The molecule has 1 atom stereocenters. The van der Waals surface area contributed by atoms with E-state index in [-0.39, 0.29) is 29.7 Å². The van der Waals surface area contributed by atoms with Crippen LogP contribution in [0.1, 0.15) is 27.5 Å². The summed E-state index contributed by atoms with van der Waals surface area (Å²) in [5, 5.41) is 21.4. The van der Waals surface area contributed by atoms with Crippen molar-refractivity contribution in [2.24, 2.45) is 0 Å². The molecule has 1 aromatic heterocycles. The number of carboxylic acid groups (broad SMARTS) is 1. The number of carbonyl (C=O) groups is 2. The van der Waals surface area contributed by atoms with Crippen LogP contribution in [0.4, 0.5) is 13.2 Å². The smallest absolute Gasteiger partial charge is 0.416 e. The molecule has 14 heteroatoms. The fraction of sp³-hybridized carbons (Fsp3) is 0.261. The van der Waals surface area contributed by atoms with E-state index in [4.69, 9.17) is 9.84 Å². The third kappa shape index (κ3) is 4.83. The lowest BCUT2D eigenvalue weighted by molar-refractivity contribution is -0.138. The second-order valence-corrected chi connectivity index (χ2v) is 10.4. The average Bonchev–Trinajstić information content (AvgIpc) is 2.80. The van der Waals surface area contributed by atoms with Crippen LogP contribution in [0.25, 0.3) is 10.9 Å². The van der Waals surface area contributed by atoms with Crippen LogP contribution < -0.4 is 15.6 Å². The highest BCUT2D eigenvalue weighted by Gasteiger charge is 2.34. The molecule has 0 fully saturated rings. The summed E-state index contributed by atoms with van der Waals surface area (Å²) in [7, 11) is -4.01. The van der Waals surface area contributed by atoms with Crippen molar-refractivity contribution in [2.45, 2.75) is 23.5 Å². The molecule has 10 nitrogen and oxygen atoms in total. The molecule has 1 unspecified atom stereocenters. The Morgan fingerprint density at radius 3 is 2.38 bits per heavy atom. The van der Waals surface area contributed by atoms with Gasteiger partial charge in [0.1, 0.15) is 30.2 Å². The van der Waals surface area contributed by atoms with Crippen molar-refractivity contribution in [2.75, 3.05) is 19.4 Å². The average molecular weight is 540 g/mol. The zero-order valence-corrected chi connectivity index (χ0v) is 19.8. The number of carbonyl (C=O) groups excluding carboxylic acids is 1. The van der Waals surface area contributed by atoms with Gasteiger partial charge in [0.2, 0.25) is 0 Å². The monoisotopic (exact) mass is 540 g/mol. The van der Waals surface area contributed by atoms with Crippen molar-refractivity contribution < 1.29 is 46.1 Å². The number of amides is 1. The van der Waals surface area contributed by atoms with E-state index in [9.17, 15) is 41.1 Å². The standard InChI is InChI=1S/C23H19F3N2O8S/c1-37(34,35)15-7-6-14-19-17(15)20(31)18(21(32)27-9-16(29)30)22(33)28(19)13(10-36-14)8-11-2-4-12(5-3-11)23(24,25)26/h2-7,13,31H,8-10H2,1H3,(H,27,32)(H,29,30). The molecular formula is C23H19F3N2O8S. The number of hydrogen-bond donors (Lipinski definition) is 3. The number of nitrogens with zero attached hydrogens (tertiary/aromatic N) is 1. The Morgan fingerprint density at radius 1 is 1.16 bits per heavy atom. The lowest BCUT2D eigenvalue weighted by Gasteiger charge is -2.30. The summed E-state index contributed by atoms with van der Waals surface area (Å²) in [6, 6.07) is 5.68. The van der Waals surface area contributed by atoms with Crippen molar-refractivity contribution in [3.63, 3.8) is 0 Å². The number of halogens is 3. The normalized spacial score (nSPS) is 15.3. The highest BCUT2D eigenvalue weighted by molar-refractivity contribution is 7.91. The molecule has 0 saturated carbocycles. The summed E-state index contributed by atoms with van der Waals surface area (Å²) in [4.78, 5) is 36.7. The van der Waals surface area contributed by atoms with Crippen molar-refractivity contribution >= 4 is 32.6 Å². The fourth-order valence-electron chi connectivity index (χ4n) is 4.21. The quantitative estimate of drug-likeness (QED) is 0.430. The predicted octanol–water partition coefficient (Wildman–Crippen LogP) is 2.12. The van der Waals surface area contributed by atoms with Gasteiger partial charge in [-0.15, -0.1) is 0 Å². The first kappa shape index (κ1) is 26.0. The molecule has 0 spiro atoms. The molecule has 1 amide bonds. The molecule has 1 aliphatic heterocycles. The highest BCUT2D eigenvalue weighted by Crippen LogP contribution is 2.41. The number of hydrogen-bond acceptors (Lipinski definition) is 7. The summed E-state index contributed by atoms with van der Waals surface area (Å²) >= 11 is 0. The number of nitrogens with one attached hydrogen (secondary N) is 1. The largest absolute Gasteiger partial charge is 0.506 e. The van der Waals surface area contributed by atoms with E-state index in [2.05, 4.69) is 0 Å². The van der Waals surface area contributed by atoms with Gasteiger partial charge in [0.25, 0.3) is 11.5 Å². The SMILES string of the molecule is CS(=O)(=O)c1ccc2c3c1c(O)c(C(=O)NCC(=O)O)c(=O)n3C(Cc1ccc(C(F)(F)F)cc1)CO2. The Balaban J connectivity index is 1.94. The number of aromatic hydroxyl groups is 1. The van der Waals surface area contributed by atoms with Crippen LogP contribution in [0, 0.1) is 0 Å². The molecule has 3 aromatic rings. The minimum Gasteiger partial charge on any atom is -0.506 e. The molecule has 2 aromatic carbocycles. The summed E-state index contributed by atoms with van der Waals surface area (Å²) in [6.45, 7) is -1.05. The van der Waals surface area contributed by atoms with E-state index in [1.165, 1.54) is 18.2 Å². The van der Waals surface area contributed by atoms with Crippen molar-refractivity contribution in [1.29, 1.82) is 0 Å². The molecule has 2 heterocycles. The van der Waals surface area contributed by atoms with Crippen LogP contribution in [-0.4, -0.2) is 54.5 Å². The number of benzene rings is 2. The molecule has 0 bridgehead atoms. The molecule has 4 rings (SSSR count). The first-order chi connectivity index (χ1) is 17.2. The van der Waals surface area contributed by atoms with Gasteiger partial charge in [-0.25, -0.2) is 8.42 Å². The number of pyridine rings is 1. The predicted molar refractivity (Wildman–Crippen MR) is 123 cm³/mol. The molecule has 37 heavy (non-hydrogen) atoms. The van der Waals surface area contributed by atoms with Gasteiger partial charge >= 0.3 is 12.1 Å². The number of rotatable bonds is 6. The van der Waals surface area contributed by atoms with Crippen LogP contribution in [0.5, 0.6) is 11.5 Å². The number of alkyl halides is 3. The Hall–Kier alpha value is -4.07. The third-order valence-electron chi connectivity index (χ3n) is 5.83. The molecule has 0 aliphatic carbocycles. The van der Waals surface area contributed by atoms with Gasteiger partial charge in [-0.3, -0.25) is 19.0 Å². The van der Waals surface area contributed by atoms with Crippen LogP contribution in [0.2, 0.25) is 0 Å². The zero-order chi connectivity index (χ0) is 27.3. The van der Waals surface area contributed by atoms with E-state index in [1.807, 2.05) is 5.32 Å². The first-order valence-corrected chi connectivity index (χ1v) is 12.5. The maximum absolute atomic E-state index is 13.5. The van der Waals surface area contributed by atoms with Crippen LogP contribution in [-0.2, 0) is 27.2 Å². The fourth-order valence-corrected chi connectivity index (χ4v) is 5.08. The zero-order valence-electron chi connectivity index (χ0n) is 19.0. The van der Waals surface area contributed by atoms with E-state index >= 15 is 0 Å². The van der Waals surface area contributed by atoms with E-state index in [0.717, 1.165) is 29.0 Å². The highest BCUT2D eigenvalue weighted by atomic mass is 32.2. The van der Waals surface area contributed by atoms with Crippen molar-refractivity contribution in [3.05, 3.63) is 63.4 Å². The number of aromatic nitrogens is 1. The Kier molecular flexibility index (Phi) is 6.40. The van der Waals surface area contributed by atoms with Crippen LogP contribution >= 0.6 is 0 Å². The van der Waals surface area contributed by atoms with Crippen molar-refractivity contribution in [1.82, 2.24) is 9.88 Å². The summed E-state index contributed by atoms with van der Waals surface area (Å²) in [6.07, 6.45) is -3.74. The molecule has 3 N–H and O–H groups in total. The summed E-state index contributed by atoms with van der Waals surface area (Å²) in [5.41, 5.74) is -2.55. The van der Waals surface area contributed by atoms with E-state index in [0.29, 0.717) is 5.56 Å². The van der Waals surface area contributed by atoms with E-state index < -0.39 is 67.8 Å². The molecule has 0 saturated heterocycles. The second kappa shape index (κ2) is 9.10. The van der Waals surface area contributed by atoms with Gasteiger partial charge < -0.3 is 20.3 Å². The van der Waals surface area contributed by atoms with Gasteiger partial charge in [0.15, 0.2) is 9.84 Å². The Labute approximate surface area is 206 Å². The van der Waals surface area contributed by atoms with Gasteiger partial charge in [-0.2, -0.15) is 13.2 Å². The maximum Gasteiger partial charge on any atom is 0.416 e. The summed E-state index contributed by atoms with van der Waals surface area (Å²) in [5.74, 6) is -3.61. The minimum absolute atomic E-state index is 0.0379. The lowest BCUT2D eigenvalue weighted by Crippen LogP contribution is -2.40. The Morgan fingerprint density at radius 2 is 1.81 bits per heavy atom. The van der Waals surface area contributed by atoms with Gasteiger partial charge in [-0.1, -0.05) is 12.1 Å². The summed E-state index contributed by atoms with van der Waals surface area (Å²) < 4.78 is 70.5. The van der Waals surface area contributed by atoms with Gasteiger partial charge in [-0.05, 0) is 36.2 Å². The van der Waals surface area contributed by atoms with Crippen LogP contribution in [0.15, 0.2) is 46.1 Å². The molecule has 0 radical (unpaired) electrons. The van der Waals surface area contributed by atoms with Crippen molar-refractivity contribution in [3.8, 4) is 11.5 Å². The first-order valence-electron chi connectivity index (χ1n) is 10.6. The number of carboxylic acids is 1. The van der Waals surface area contributed by atoms with Crippen LogP contribution in [0.3, 0.4) is 0 Å². The van der Waals surface area contributed by atoms with Gasteiger partial charge in [0.05, 0.1) is 27.4 Å².